The first-order valence-electron chi connectivity index (χ1n) is 6.43. The summed E-state index contributed by atoms with van der Waals surface area (Å²) in [6, 6.07) is 4.79. The number of hydrogen-bond donors (Lipinski definition) is 0. The molecular weight excluding hydrogens is 311 g/mol. The van der Waals surface area contributed by atoms with E-state index in [0.29, 0.717) is 11.1 Å². The topological polar surface area (TPSA) is 18.5 Å². The van der Waals surface area contributed by atoms with Crippen LogP contribution >= 0.6 is 15.9 Å². The highest BCUT2D eigenvalue weighted by molar-refractivity contribution is 9.10. The van der Waals surface area contributed by atoms with Crippen LogP contribution in [-0.2, 0) is 4.74 Å². The summed E-state index contributed by atoms with van der Waals surface area (Å²) in [6.45, 7) is 6.35. The van der Waals surface area contributed by atoms with Crippen molar-refractivity contribution in [3.05, 3.63) is 39.8 Å². The number of ether oxygens (including phenoxy) is 2. The quantitative estimate of drug-likeness (QED) is 0.721. The Morgan fingerprint density at radius 3 is 2.58 bits per heavy atom. The predicted octanol–water partition coefficient (Wildman–Crippen LogP) is 4.83. The zero-order chi connectivity index (χ0) is 14.0. The third-order valence-electron chi connectivity index (χ3n) is 2.92. The Morgan fingerprint density at radius 2 is 2.05 bits per heavy atom. The maximum Gasteiger partial charge on any atom is 0.166 e. The molecule has 0 aliphatic heterocycles. The van der Waals surface area contributed by atoms with E-state index in [2.05, 4.69) is 15.9 Å². The van der Waals surface area contributed by atoms with Crippen LogP contribution in [0.15, 0.2) is 34.0 Å². The Kier molecular flexibility index (Phi) is 4.19. The number of allylic oxidation sites excluding steroid dienone is 1. The second kappa shape index (κ2) is 5.53. The Balaban J connectivity index is 2.22. The van der Waals surface area contributed by atoms with Gasteiger partial charge in [-0.1, -0.05) is 15.9 Å². The maximum atomic E-state index is 13.8. The first-order valence-corrected chi connectivity index (χ1v) is 7.22. The highest BCUT2D eigenvalue weighted by atomic mass is 79.9. The van der Waals surface area contributed by atoms with E-state index in [1.54, 1.807) is 12.1 Å². The Hall–Kier alpha value is -1.03. The minimum absolute atomic E-state index is 0.242. The first kappa shape index (κ1) is 14.4. The van der Waals surface area contributed by atoms with Crippen LogP contribution in [0.5, 0.6) is 5.75 Å². The molecule has 2 nitrogen and oxygen atoms in total. The molecule has 0 saturated heterocycles. The van der Waals surface area contributed by atoms with Crippen molar-refractivity contribution in [1.29, 1.82) is 0 Å². The molecule has 104 valence electrons. The molecule has 0 bridgehead atoms. The molecule has 1 aromatic rings. The summed E-state index contributed by atoms with van der Waals surface area (Å²) in [6.07, 6.45) is 2.09. The van der Waals surface area contributed by atoms with Gasteiger partial charge in [0, 0.05) is 4.47 Å². The maximum absolute atomic E-state index is 13.8. The van der Waals surface area contributed by atoms with E-state index < -0.39 is 5.60 Å². The molecule has 0 aromatic heterocycles. The molecule has 1 aliphatic carbocycles. The summed E-state index contributed by atoms with van der Waals surface area (Å²) in [5.41, 5.74) is 0.612. The number of rotatable bonds is 5. The minimum Gasteiger partial charge on any atom is -0.494 e. The van der Waals surface area contributed by atoms with Crippen molar-refractivity contribution in [2.24, 2.45) is 0 Å². The van der Waals surface area contributed by atoms with Gasteiger partial charge in [-0.25, -0.2) is 4.39 Å². The lowest BCUT2D eigenvalue weighted by Crippen LogP contribution is -2.32. The second-order valence-corrected chi connectivity index (χ2v) is 5.97. The van der Waals surface area contributed by atoms with Crippen LogP contribution in [0.1, 0.15) is 33.6 Å². The standard InChI is InChI=1S/C15H18BrFO2/c1-4-18-14(10-5-6-10)15(2,3)19-13-8-7-11(16)9-12(13)17/h7-9H,4-6H2,1-3H3. The lowest BCUT2D eigenvalue weighted by Gasteiger charge is -2.29. The lowest BCUT2D eigenvalue weighted by molar-refractivity contribution is 0.0586. The average molecular weight is 329 g/mol. The molecule has 0 amide bonds. The Bertz CT molecular complexity index is 503. The van der Waals surface area contributed by atoms with Crippen LogP contribution in [0.3, 0.4) is 0 Å². The fourth-order valence-corrected chi connectivity index (χ4v) is 2.35. The third kappa shape index (κ3) is 3.50. The monoisotopic (exact) mass is 328 g/mol. The van der Waals surface area contributed by atoms with Gasteiger partial charge in [0.25, 0.3) is 0 Å². The van der Waals surface area contributed by atoms with Crippen molar-refractivity contribution in [3.63, 3.8) is 0 Å². The summed E-state index contributed by atoms with van der Waals surface area (Å²) < 4.78 is 26.0. The molecule has 0 N–H and O–H groups in total. The van der Waals surface area contributed by atoms with Crippen LogP contribution in [0.2, 0.25) is 0 Å². The van der Waals surface area contributed by atoms with E-state index >= 15 is 0 Å². The molecule has 0 atom stereocenters. The molecule has 1 aliphatic rings. The zero-order valence-electron chi connectivity index (χ0n) is 11.4. The zero-order valence-corrected chi connectivity index (χ0v) is 13.0. The van der Waals surface area contributed by atoms with E-state index in [9.17, 15) is 4.39 Å². The molecule has 0 radical (unpaired) electrons. The molecule has 1 aromatic carbocycles. The molecule has 19 heavy (non-hydrogen) atoms. The Morgan fingerprint density at radius 1 is 1.37 bits per heavy atom. The Labute approximate surface area is 121 Å². The molecule has 1 saturated carbocycles. The van der Waals surface area contributed by atoms with Gasteiger partial charge in [0.15, 0.2) is 17.2 Å². The van der Waals surface area contributed by atoms with Gasteiger partial charge in [-0.2, -0.15) is 0 Å². The van der Waals surface area contributed by atoms with E-state index in [0.717, 1.165) is 18.6 Å². The predicted molar refractivity (Wildman–Crippen MR) is 76.7 cm³/mol. The fraction of sp³-hybridized carbons (Fsp3) is 0.467. The van der Waals surface area contributed by atoms with Crippen LogP contribution in [0, 0.1) is 5.82 Å². The molecule has 2 rings (SSSR count). The van der Waals surface area contributed by atoms with Crippen LogP contribution in [0.25, 0.3) is 0 Å². The van der Waals surface area contributed by atoms with E-state index in [-0.39, 0.29) is 11.6 Å². The molecule has 0 heterocycles. The molecular formula is C15H18BrFO2. The van der Waals surface area contributed by atoms with Gasteiger partial charge in [-0.3, -0.25) is 0 Å². The van der Waals surface area contributed by atoms with Crippen LogP contribution in [0.4, 0.5) is 4.39 Å². The van der Waals surface area contributed by atoms with Gasteiger partial charge in [0.05, 0.1) is 6.61 Å². The fourth-order valence-electron chi connectivity index (χ4n) is 2.01. The van der Waals surface area contributed by atoms with E-state index in [1.165, 1.54) is 11.6 Å². The summed E-state index contributed by atoms with van der Waals surface area (Å²) in [7, 11) is 0. The normalized spacial score (nSPS) is 14.3. The molecule has 0 unspecified atom stereocenters. The summed E-state index contributed by atoms with van der Waals surface area (Å²) >= 11 is 3.23. The second-order valence-electron chi connectivity index (χ2n) is 5.05. The number of benzene rings is 1. The van der Waals surface area contributed by atoms with Gasteiger partial charge in [0.1, 0.15) is 5.76 Å². The van der Waals surface area contributed by atoms with E-state index in [4.69, 9.17) is 9.47 Å². The van der Waals surface area contributed by atoms with Gasteiger partial charge in [-0.15, -0.1) is 0 Å². The van der Waals surface area contributed by atoms with Crippen LogP contribution in [-0.4, -0.2) is 12.2 Å². The van der Waals surface area contributed by atoms with Crippen LogP contribution < -0.4 is 4.74 Å². The average Bonchev–Trinajstić information content (AvgIpc) is 3.13. The van der Waals surface area contributed by atoms with Crippen molar-refractivity contribution in [2.45, 2.75) is 39.2 Å². The largest absolute Gasteiger partial charge is 0.494 e. The van der Waals surface area contributed by atoms with Crippen molar-refractivity contribution in [1.82, 2.24) is 0 Å². The van der Waals surface area contributed by atoms with Crippen molar-refractivity contribution in [2.75, 3.05) is 6.61 Å². The van der Waals surface area contributed by atoms with Crippen molar-refractivity contribution < 1.29 is 13.9 Å². The number of halogens is 2. The summed E-state index contributed by atoms with van der Waals surface area (Å²) in [4.78, 5) is 0. The first-order chi connectivity index (χ1) is 8.94. The molecule has 4 heteroatoms. The lowest BCUT2D eigenvalue weighted by atomic mass is 10.1. The summed E-state index contributed by atoms with van der Waals surface area (Å²) in [5.74, 6) is 0.711. The highest BCUT2D eigenvalue weighted by Gasteiger charge is 2.34. The van der Waals surface area contributed by atoms with Gasteiger partial charge >= 0.3 is 0 Å². The molecule has 1 fully saturated rings. The smallest absolute Gasteiger partial charge is 0.166 e. The third-order valence-corrected chi connectivity index (χ3v) is 3.41. The SMILES string of the molecule is CCOC(=C1CC1)C(C)(C)Oc1ccc(Br)cc1F. The minimum atomic E-state index is -0.656. The van der Waals surface area contributed by atoms with Crippen molar-refractivity contribution >= 4 is 15.9 Å². The summed E-state index contributed by atoms with van der Waals surface area (Å²) in [5, 5.41) is 0. The van der Waals surface area contributed by atoms with Gasteiger partial charge in [-0.05, 0) is 57.4 Å². The number of hydrogen-bond acceptors (Lipinski definition) is 2. The van der Waals surface area contributed by atoms with Gasteiger partial charge < -0.3 is 9.47 Å². The van der Waals surface area contributed by atoms with E-state index in [1.807, 2.05) is 20.8 Å². The van der Waals surface area contributed by atoms with Crippen molar-refractivity contribution in [3.8, 4) is 5.75 Å². The highest BCUT2D eigenvalue weighted by Crippen LogP contribution is 2.39. The van der Waals surface area contributed by atoms with Gasteiger partial charge in [0.2, 0.25) is 0 Å². The molecule has 0 spiro atoms.